The summed E-state index contributed by atoms with van der Waals surface area (Å²) in [6, 6.07) is 4.76. The second-order valence-electron chi connectivity index (χ2n) is 7.60. The Morgan fingerprint density at radius 2 is 2.09 bits per heavy atom. The molecule has 1 aromatic carbocycles. The van der Waals surface area contributed by atoms with Crippen LogP contribution in [0.1, 0.15) is 28.8 Å². The molecule has 32 heavy (non-hydrogen) atoms. The highest BCUT2D eigenvalue weighted by molar-refractivity contribution is 6.32. The Bertz CT molecular complexity index is 1030. The number of amides is 2. The average Bonchev–Trinajstić information content (AvgIpc) is 2.73. The highest BCUT2D eigenvalue weighted by atomic mass is 35.5. The van der Waals surface area contributed by atoms with Gasteiger partial charge in [0.15, 0.2) is 0 Å². The highest BCUT2D eigenvalue weighted by Crippen LogP contribution is 2.33. The van der Waals surface area contributed by atoms with E-state index in [9.17, 15) is 23.1 Å². The van der Waals surface area contributed by atoms with Crippen LogP contribution in [-0.2, 0) is 12.6 Å². The normalized spacial score (nSPS) is 15.3. The first-order valence-electron chi connectivity index (χ1n) is 9.95. The third kappa shape index (κ3) is 5.79. The minimum Gasteiger partial charge on any atom is -0.394 e. The Morgan fingerprint density at radius 1 is 1.34 bits per heavy atom. The van der Waals surface area contributed by atoms with Gasteiger partial charge in [-0.15, -0.1) is 0 Å². The molecule has 0 aliphatic carbocycles. The molecule has 1 aliphatic heterocycles. The Labute approximate surface area is 188 Å². The number of nitrogens with zero attached hydrogens (tertiary/aromatic N) is 2. The maximum atomic E-state index is 12.9. The lowest BCUT2D eigenvalue weighted by molar-refractivity contribution is -0.138. The minimum atomic E-state index is -4.44. The van der Waals surface area contributed by atoms with Crippen molar-refractivity contribution < 1.29 is 28.2 Å². The summed E-state index contributed by atoms with van der Waals surface area (Å²) in [5.74, 6) is 0. The number of rotatable bonds is 5. The number of benzene rings is 1. The number of aliphatic hydroxyl groups is 2. The van der Waals surface area contributed by atoms with Crippen molar-refractivity contribution in [3.63, 3.8) is 0 Å². The number of aryl methyl sites for hydroxylation is 1. The maximum absolute atomic E-state index is 12.9. The predicted octanol–water partition coefficient (Wildman–Crippen LogP) is 4.28. The zero-order chi connectivity index (χ0) is 23.5. The Balaban J connectivity index is 1.64. The van der Waals surface area contributed by atoms with Gasteiger partial charge in [-0.25, -0.2) is 4.79 Å². The van der Waals surface area contributed by atoms with E-state index >= 15 is 0 Å². The van der Waals surface area contributed by atoms with Gasteiger partial charge in [0.05, 0.1) is 29.0 Å². The van der Waals surface area contributed by atoms with Crippen molar-refractivity contribution in [1.82, 2.24) is 9.88 Å². The average molecular weight is 470 g/mol. The van der Waals surface area contributed by atoms with Gasteiger partial charge in [-0.1, -0.05) is 17.7 Å². The molecule has 0 spiro atoms. The van der Waals surface area contributed by atoms with E-state index in [-0.39, 0.29) is 18.6 Å². The molecule has 1 aromatic heterocycles. The number of aromatic nitrogens is 1. The van der Waals surface area contributed by atoms with Crippen LogP contribution in [0.3, 0.4) is 0 Å². The summed E-state index contributed by atoms with van der Waals surface area (Å²) in [6.07, 6.45) is -1.16. The Hall–Kier alpha value is -2.62. The van der Waals surface area contributed by atoms with Crippen LogP contribution >= 0.6 is 11.6 Å². The third-order valence-corrected chi connectivity index (χ3v) is 5.45. The molecular weight excluding hydrogens is 447 g/mol. The van der Waals surface area contributed by atoms with E-state index in [4.69, 9.17) is 16.7 Å². The molecule has 0 radical (unpaired) electrons. The number of halogens is 4. The van der Waals surface area contributed by atoms with E-state index in [1.54, 1.807) is 12.3 Å². The standard InChI is InChI=1S/C22H23ClF3N3O3/c1-13-8-16(2-3-18(13)22(24,25)26)28-21(32)29-6-4-15(5-7-29)20-19(23)10-14(11-27-20)9-17(31)12-30/h2-4,8,10-11,17,30-31H,5-7,9,12H2,1H3,(H,28,32)/t17-/m1/s1. The third-order valence-electron chi connectivity index (χ3n) is 5.16. The van der Waals surface area contributed by atoms with Crippen LogP contribution < -0.4 is 5.32 Å². The zero-order valence-corrected chi connectivity index (χ0v) is 18.0. The second kappa shape index (κ2) is 9.89. The Kier molecular flexibility index (Phi) is 7.43. The van der Waals surface area contributed by atoms with Gasteiger partial charge < -0.3 is 20.4 Å². The minimum absolute atomic E-state index is 0.0341. The quantitative estimate of drug-likeness (QED) is 0.610. The van der Waals surface area contributed by atoms with E-state index in [1.165, 1.54) is 24.0 Å². The molecule has 0 unspecified atom stereocenters. The lowest BCUT2D eigenvalue weighted by Gasteiger charge is -2.27. The van der Waals surface area contributed by atoms with Gasteiger partial charge >= 0.3 is 12.2 Å². The number of pyridine rings is 1. The molecule has 0 saturated carbocycles. The molecular formula is C22H23ClF3N3O3. The summed E-state index contributed by atoms with van der Waals surface area (Å²) in [6.45, 7) is 1.68. The van der Waals surface area contributed by atoms with Gasteiger partial charge in [0.25, 0.3) is 0 Å². The van der Waals surface area contributed by atoms with Crippen molar-refractivity contribution in [2.24, 2.45) is 0 Å². The number of hydrogen-bond donors (Lipinski definition) is 3. The molecule has 0 saturated heterocycles. The molecule has 172 valence electrons. The van der Waals surface area contributed by atoms with Crippen molar-refractivity contribution in [1.29, 1.82) is 0 Å². The molecule has 2 heterocycles. The summed E-state index contributed by atoms with van der Waals surface area (Å²) in [5, 5.41) is 21.5. The Morgan fingerprint density at radius 3 is 2.66 bits per heavy atom. The maximum Gasteiger partial charge on any atom is 0.416 e. The van der Waals surface area contributed by atoms with Gasteiger partial charge in [0.1, 0.15) is 0 Å². The fourth-order valence-electron chi connectivity index (χ4n) is 3.49. The molecule has 0 fully saturated rings. The number of nitrogens with one attached hydrogen (secondary N) is 1. The number of alkyl halides is 3. The molecule has 2 amide bonds. The summed E-state index contributed by atoms with van der Waals surface area (Å²) in [5.41, 5.74) is 1.75. The van der Waals surface area contributed by atoms with Crippen molar-refractivity contribution in [3.8, 4) is 0 Å². The van der Waals surface area contributed by atoms with Gasteiger partial charge in [0, 0.05) is 31.4 Å². The van der Waals surface area contributed by atoms with Crippen molar-refractivity contribution in [2.45, 2.75) is 32.0 Å². The molecule has 10 heteroatoms. The molecule has 2 aromatic rings. The topological polar surface area (TPSA) is 85.7 Å². The SMILES string of the molecule is Cc1cc(NC(=O)N2CC=C(c3ncc(C[C@@H](O)CO)cc3Cl)CC2)ccc1C(F)(F)F. The fourth-order valence-corrected chi connectivity index (χ4v) is 3.80. The molecule has 3 rings (SSSR count). The lowest BCUT2D eigenvalue weighted by Crippen LogP contribution is -2.38. The first-order valence-corrected chi connectivity index (χ1v) is 10.3. The first-order chi connectivity index (χ1) is 15.1. The van der Waals surface area contributed by atoms with Gasteiger partial charge in [-0.2, -0.15) is 13.2 Å². The zero-order valence-electron chi connectivity index (χ0n) is 17.3. The molecule has 0 bridgehead atoms. The number of aliphatic hydroxyl groups excluding tert-OH is 2. The van der Waals surface area contributed by atoms with Crippen molar-refractivity contribution in [3.05, 3.63) is 63.9 Å². The van der Waals surface area contributed by atoms with Gasteiger partial charge in [0.2, 0.25) is 0 Å². The van der Waals surface area contributed by atoms with Crippen molar-refractivity contribution in [2.75, 3.05) is 25.0 Å². The summed E-state index contributed by atoms with van der Waals surface area (Å²) in [4.78, 5) is 18.4. The largest absolute Gasteiger partial charge is 0.416 e. The summed E-state index contributed by atoms with van der Waals surface area (Å²) in [7, 11) is 0. The van der Waals surface area contributed by atoms with Crippen LogP contribution in [0.15, 0.2) is 36.5 Å². The number of carbonyl (C=O) groups is 1. The van der Waals surface area contributed by atoms with E-state index in [1.807, 2.05) is 6.08 Å². The van der Waals surface area contributed by atoms with E-state index in [0.717, 1.165) is 11.6 Å². The van der Waals surface area contributed by atoms with Crippen LogP contribution in [0.2, 0.25) is 5.02 Å². The highest BCUT2D eigenvalue weighted by Gasteiger charge is 2.32. The van der Waals surface area contributed by atoms with E-state index in [2.05, 4.69) is 10.3 Å². The molecule has 6 nitrogen and oxygen atoms in total. The smallest absolute Gasteiger partial charge is 0.394 e. The predicted molar refractivity (Wildman–Crippen MR) is 115 cm³/mol. The van der Waals surface area contributed by atoms with E-state index < -0.39 is 23.9 Å². The van der Waals surface area contributed by atoms with Crippen molar-refractivity contribution >= 4 is 28.9 Å². The monoisotopic (exact) mass is 469 g/mol. The number of anilines is 1. The second-order valence-corrected chi connectivity index (χ2v) is 8.00. The molecule has 1 atom stereocenters. The van der Waals surface area contributed by atoms with Crippen LogP contribution in [-0.4, -0.2) is 51.9 Å². The summed E-state index contributed by atoms with van der Waals surface area (Å²) < 4.78 is 38.7. The molecule has 3 N–H and O–H groups in total. The summed E-state index contributed by atoms with van der Waals surface area (Å²) >= 11 is 6.33. The number of urea groups is 1. The van der Waals surface area contributed by atoms with Gasteiger partial charge in [-0.3, -0.25) is 4.98 Å². The van der Waals surface area contributed by atoms with Crippen LogP contribution in [0.25, 0.3) is 5.57 Å². The van der Waals surface area contributed by atoms with Crippen LogP contribution in [0, 0.1) is 6.92 Å². The lowest BCUT2D eigenvalue weighted by atomic mass is 10.0. The fraction of sp³-hybridized carbons (Fsp3) is 0.364. The van der Waals surface area contributed by atoms with E-state index in [0.29, 0.717) is 41.5 Å². The van der Waals surface area contributed by atoms with Crippen LogP contribution in [0.4, 0.5) is 23.7 Å². The first kappa shape index (κ1) is 24.0. The number of hydrogen-bond acceptors (Lipinski definition) is 4. The van der Waals surface area contributed by atoms with Gasteiger partial charge in [-0.05, 0) is 54.3 Å². The number of carbonyl (C=O) groups excluding carboxylic acids is 1. The van der Waals surface area contributed by atoms with Crippen LogP contribution in [0.5, 0.6) is 0 Å². The molecule has 1 aliphatic rings.